The second-order valence-corrected chi connectivity index (χ2v) is 7.39. The molecule has 2 N–H and O–H groups in total. The third-order valence-electron chi connectivity index (χ3n) is 4.81. The van der Waals surface area contributed by atoms with E-state index in [4.69, 9.17) is 4.42 Å². The van der Waals surface area contributed by atoms with Crippen molar-refractivity contribution in [1.82, 2.24) is 5.32 Å². The molecule has 2 aromatic rings. The quantitative estimate of drug-likeness (QED) is 0.831. The second-order valence-electron chi connectivity index (χ2n) is 7.39. The maximum absolute atomic E-state index is 9.23. The summed E-state index contributed by atoms with van der Waals surface area (Å²) < 4.78 is 5.71. The largest absolute Gasteiger partial charge is 0.469 e. The first-order valence-electron chi connectivity index (χ1n) is 8.57. The zero-order valence-corrected chi connectivity index (χ0v) is 14.1. The molecular weight excluding hydrogens is 286 g/mol. The monoisotopic (exact) mass is 313 g/mol. The molecule has 124 valence electrons. The van der Waals surface area contributed by atoms with Gasteiger partial charge in [-0.25, -0.2) is 0 Å². The minimum absolute atomic E-state index is 0.234. The predicted octanol–water partition coefficient (Wildman–Crippen LogP) is 4.40. The zero-order chi connectivity index (χ0) is 16.3. The zero-order valence-electron chi connectivity index (χ0n) is 14.1. The minimum atomic E-state index is 0.234. The van der Waals surface area contributed by atoms with Crippen LogP contribution in [0.15, 0.2) is 47.1 Å². The number of rotatable bonds is 6. The van der Waals surface area contributed by atoms with Gasteiger partial charge in [-0.15, -0.1) is 0 Å². The Morgan fingerprint density at radius 2 is 2.04 bits per heavy atom. The average molecular weight is 313 g/mol. The molecule has 2 unspecified atom stereocenters. The van der Waals surface area contributed by atoms with Crippen LogP contribution < -0.4 is 5.32 Å². The molecule has 3 rings (SSSR count). The summed E-state index contributed by atoms with van der Waals surface area (Å²) in [5.74, 6) is 1.12. The first-order valence-corrected chi connectivity index (χ1v) is 8.57. The van der Waals surface area contributed by atoms with Gasteiger partial charge in [0.05, 0.1) is 6.26 Å². The summed E-state index contributed by atoms with van der Waals surface area (Å²) in [4.78, 5) is 0. The summed E-state index contributed by atoms with van der Waals surface area (Å²) in [7, 11) is 0. The van der Waals surface area contributed by atoms with Gasteiger partial charge in [-0.05, 0) is 36.3 Å². The van der Waals surface area contributed by atoms with E-state index >= 15 is 0 Å². The number of fused-ring (bicyclic) bond motifs is 1. The molecule has 0 fully saturated rings. The summed E-state index contributed by atoms with van der Waals surface area (Å²) >= 11 is 0. The Morgan fingerprint density at radius 1 is 1.26 bits per heavy atom. The first-order chi connectivity index (χ1) is 11.1. The topological polar surface area (TPSA) is 45.4 Å². The number of nitrogens with one attached hydrogen (secondary N) is 1. The van der Waals surface area contributed by atoms with Gasteiger partial charge in [0.25, 0.3) is 0 Å². The SMILES string of the molecule is CC1(C)Cc2occc2C(NC(CCCO)c2ccccc2)C1. The van der Waals surface area contributed by atoms with Crippen molar-refractivity contribution in [1.29, 1.82) is 0 Å². The molecule has 0 radical (unpaired) electrons. The van der Waals surface area contributed by atoms with E-state index in [0.717, 1.165) is 31.4 Å². The first kappa shape index (κ1) is 16.3. The Kier molecular flexibility index (Phi) is 4.88. The molecule has 0 aliphatic heterocycles. The summed E-state index contributed by atoms with van der Waals surface area (Å²) in [6.07, 6.45) is 5.65. The van der Waals surface area contributed by atoms with Crippen molar-refractivity contribution in [2.24, 2.45) is 5.41 Å². The summed E-state index contributed by atoms with van der Waals surface area (Å²) in [6, 6.07) is 13.2. The molecule has 0 spiro atoms. The lowest BCUT2D eigenvalue weighted by Gasteiger charge is -2.37. The van der Waals surface area contributed by atoms with Gasteiger partial charge < -0.3 is 14.8 Å². The summed E-state index contributed by atoms with van der Waals surface area (Å²) in [5.41, 5.74) is 2.82. The van der Waals surface area contributed by atoms with Crippen molar-refractivity contribution in [3.8, 4) is 0 Å². The summed E-state index contributed by atoms with van der Waals surface area (Å²) in [5, 5.41) is 13.1. The van der Waals surface area contributed by atoms with Gasteiger partial charge in [-0.1, -0.05) is 44.2 Å². The molecule has 1 aromatic heterocycles. The second kappa shape index (κ2) is 6.90. The highest BCUT2D eigenvalue weighted by atomic mass is 16.3. The molecule has 3 heteroatoms. The molecule has 0 amide bonds. The Bertz CT molecular complexity index is 618. The Morgan fingerprint density at radius 3 is 2.78 bits per heavy atom. The number of hydrogen-bond acceptors (Lipinski definition) is 3. The van der Waals surface area contributed by atoms with Gasteiger partial charge in [-0.3, -0.25) is 0 Å². The molecule has 1 aliphatic rings. The maximum Gasteiger partial charge on any atom is 0.109 e. The predicted molar refractivity (Wildman–Crippen MR) is 92.2 cm³/mol. The highest BCUT2D eigenvalue weighted by Gasteiger charge is 2.35. The van der Waals surface area contributed by atoms with E-state index in [2.05, 4.69) is 49.5 Å². The summed E-state index contributed by atoms with van der Waals surface area (Å²) in [6.45, 7) is 4.84. The van der Waals surface area contributed by atoms with Crippen molar-refractivity contribution in [3.05, 3.63) is 59.5 Å². The van der Waals surface area contributed by atoms with Crippen molar-refractivity contribution >= 4 is 0 Å². The molecule has 1 aromatic carbocycles. The molecular formula is C20H27NO2. The van der Waals surface area contributed by atoms with Crippen LogP contribution in [0.5, 0.6) is 0 Å². The Hall–Kier alpha value is -1.58. The van der Waals surface area contributed by atoms with Crippen molar-refractivity contribution in [2.45, 2.75) is 51.6 Å². The van der Waals surface area contributed by atoms with Crippen molar-refractivity contribution in [2.75, 3.05) is 6.61 Å². The van der Waals surface area contributed by atoms with Crippen LogP contribution >= 0.6 is 0 Å². The highest BCUT2D eigenvalue weighted by molar-refractivity contribution is 5.27. The fraction of sp³-hybridized carbons (Fsp3) is 0.500. The number of aliphatic hydroxyl groups is 1. The van der Waals surface area contributed by atoms with Crippen molar-refractivity contribution in [3.63, 3.8) is 0 Å². The van der Waals surface area contributed by atoms with Crippen LogP contribution in [-0.2, 0) is 6.42 Å². The maximum atomic E-state index is 9.23. The van der Waals surface area contributed by atoms with Crippen LogP contribution in [0.4, 0.5) is 0 Å². The number of hydrogen-bond donors (Lipinski definition) is 2. The fourth-order valence-electron chi connectivity index (χ4n) is 3.69. The molecule has 1 aliphatic carbocycles. The normalized spacial score (nSPS) is 20.9. The number of benzene rings is 1. The van der Waals surface area contributed by atoms with Crippen LogP contribution in [0.1, 0.15) is 62.1 Å². The minimum Gasteiger partial charge on any atom is -0.469 e. The van der Waals surface area contributed by atoms with E-state index < -0.39 is 0 Å². The van der Waals surface area contributed by atoms with Gasteiger partial charge in [0.2, 0.25) is 0 Å². The van der Waals surface area contributed by atoms with Crippen LogP contribution in [0.3, 0.4) is 0 Å². The van der Waals surface area contributed by atoms with E-state index in [1.54, 1.807) is 0 Å². The molecule has 1 heterocycles. The molecule has 3 nitrogen and oxygen atoms in total. The molecule has 2 atom stereocenters. The Balaban J connectivity index is 1.82. The lowest BCUT2D eigenvalue weighted by Crippen LogP contribution is -2.35. The van der Waals surface area contributed by atoms with E-state index in [1.165, 1.54) is 11.1 Å². The van der Waals surface area contributed by atoms with Crippen LogP contribution in [-0.4, -0.2) is 11.7 Å². The number of furan rings is 1. The fourth-order valence-corrected chi connectivity index (χ4v) is 3.69. The number of aliphatic hydroxyl groups excluding tert-OH is 1. The van der Waals surface area contributed by atoms with E-state index in [9.17, 15) is 5.11 Å². The van der Waals surface area contributed by atoms with E-state index in [-0.39, 0.29) is 18.1 Å². The van der Waals surface area contributed by atoms with Gasteiger partial charge in [0.1, 0.15) is 5.76 Å². The third-order valence-corrected chi connectivity index (χ3v) is 4.81. The molecule has 0 saturated carbocycles. The van der Waals surface area contributed by atoms with Crippen molar-refractivity contribution < 1.29 is 9.52 Å². The van der Waals surface area contributed by atoms with E-state index in [0.29, 0.717) is 6.04 Å². The van der Waals surface area contributed by atoms with Gasteiger partial charge in [0.15, 0.2) is 0 Å². The molecule has 23 heavy (non-hydrogen) atoms. The molecule has 0 bridgehead atoms. The smallest absolute Gasteiger partial charge is 0.109 e. The molecule has 0 saturated heterocycles. The Labute approximate surface area is 138 Å². The average Bonchev–Trinajstić information content (AvgIpc) is 2.99. The van der Waals surface area contributed by atoms with Crippen LogP contribution in [0.2, 0.25) is 0 Å². The highest BCUT2D eigenvalue weighted by Crippen LogP contribution is 2.42. The third kappa shape index (κ3) is 3.85. The van der Waals surface area contributed by atoms with Crippen LogP contribution in [0, 0.1) is 5.41 Å². The van der Waals surface area contributed by atoms with E-state index in [1.807, 2.05) is 12.3 Å². The van der Waals surface area contributed by atoms with Gasteiger partial charge in [0, 0.05) is 30.7 Å². The van der Waals surface area contributed by atoms with Crippen LogP contribution in [0.25, 0.3) is 0 Å². The van der Waals surface area contributed by atoms with Gasteiger partial charge >= 0.3 is 0 Å². The van der Waals surface area contributed by atoms with Gasteiger partial charge in [-0.2, -0.15) is 0 Å². The lowest BCUT2D eigenvalue weighted by molar-refractivity contribution is 0.217. The standard InChI is InChI=1S/C20H27NO2/c1-20(2)13-18(16-10-12-23-19(16)14-20)21-17(9-6-11-22)15-7-4-3-5-8-15/h3-5,7-8,10,12,17-18,21-22H,6,9,11,13-14H2,1-2H3. The lowest BCUT2D eigenvalue weighted by atomic mass is 9.74.